The highest BCUT2D eigenvalue weighted by molar-refractivity contribution is 5.45. The summed E-state index contributed by atoms with van der Waals surface area (Å²) in [5.74, 6) is 0.675. The number of hydrogen-bond donors (Lipinski definition) is 1. The van der Waals surface area contributed by atoms with E-state index in [1.54, 1.807) is 13.2 Å². The van der Waals surface area contributed by atoms with Crippen LogP contribution in [0.2, 0.25) is 0 Å². The van der Waals surface area contributed by atoms with E-state index in [-0.39, 0.29) is 11.9 Å². The molecule has 0 fully saturated rings. The third-order valence-corrected chi connectivity index (χ3v) is 4.14. The molecule has 2 aromatic rings. The highest BCUT2D eigenvalue weighted by Gasteiger charge is 2.26. The predicted molar refractivity (Wildman–Crippen MR) is 81.9 cm³/mol. The molecule has 1 atom stereocenters. The van der Waals surface area contributed by atoms with Gasteiger partial charge in [0.2, 0.25) is 0 Å². The van der Waals surface area contributed by atoms with Crippen molar-refractivity contribution in [2.24, 2.45) is 0 Å². The molecular formula is C18H20FNO. The summed E-state index contributed by atoms with van der Waals surface area (Å²) in [6, 6.07) is 13.7. The van der Waals surface area contributed by atoms with Gasteiger partial charge in [-0.2, -0.15) is 0 Å². The fourth-order valence-corrected chi connectivity index (χ4v) is 3.10. The fourth-order valence-electron chi connectivity index (χ4n) is 3.10. The topological polar surface area (TPSA) is 21.3 Å². The van der Waals surface area contributed by atoms with E-state index in [1.807, 2.05) is 18.2 Å². The smallest absolute Gasteiger partial charge is 0.127 e. The Hall–Kier alpha value is -1.87. The highest BCUT2D eigenvalue weighted by Crippen LogP contribution is 2.37. The van der Waals surface area contributed by atoms with Crippen LogP contribution in [0.25, 0.3) is 0 Å². The fraction of sp³-hybridized carbons (Fsp3) is 0.333. The van der Waals surface area contributed by atoms with Crippen molar-refractivity contribution in [3.8, 4) is 5.75 Å². The highest BCUT2D eigenvalue weighted by atomic mass is 19.1. The lowest BCUT2D eigenvalue weighted by Crippen LogP contribution is -2.26. The van der Waals surface area contributed by atoms with Gasteiger partial charge in [0.25, 0.3) is 0 Å². The molecular weight excluding hydrogens is 265 g/mol. The van der Waals surface area contributed by atoms with E-state index in [4.69, 9.17) is 4.74 Å². The van der Waals surface area contributed by atoms with Crippen LogP contribution in [0.4, 0.5) is 4.39 Å². The molecule has 2 nitrogen and oxygen atoms in total. The van der Waals surface area contributed by atoms with Crippen LogP contribution in [-0.2, 0) is 13.0 Å². The van der Waals surface area contributed by atoms with E-state index in [1.165, 1.54) is 11.6 Å². The molecule has 110 valence electrons. The van der Waals surface area contributed by atoms with Gasteiger partial charge in [-0.1, -0.05) is 30.3 Å². The molecule has 0 amide bonds. The van der Waals surface area contributed by atoms with Crippen LogP contribution >= 0.6 is 0 Å². The van der Waals surface area contributed by atoms with Crippen molar-refractivity contribution in [1.82, 2.24) is 5.32 Å². The van der Waals surface area contributed by atoms with Crippen LogP contribution in [0.15, 0.2) is 42.5 Å². The Morgan fingerprint density at radius 1 is 1.19 bits per heavy atom. The molecule has 0 spiro atoms. The van der Waals surface area contributed by atoms with Gasteiger partial charge in [0.15, 0.2) is 0 Å². The molecule has 0 saturated heterocycles. The number of halogens is 1. The van der Waals surface area contributed by atoms with Crippen LogP contribution in [0, 0.1) is 5.82 Å². The average Bonchev–Trinajstić information content (AvgIpc) is 2.54. The minimum atomic E-state index is -0.114. The summed E-state index contributed by atoms with van der Waals surface area (Å²) in [6.45, 7) is 0.782. The molecule has 0 bridgehead atoms. The van der Waals surface area contributed by atoms with E-state index >= 15 is 0 Å². The normalized spacial score (nSPS) is 17.3. The Labute approximate surface area is 125 Å². The number of nitrogens with one attached hydrogen (secondary N) is 1. The second-order valence-electron chi connectivity index (χ2n) is 5.45. The molecule has 3 heteroatoms. The molecule has 0 aromatic heterocycles. The van der Waals surface area contributed by atoms with Gasteiger partial charge in [-0.3, -0.25) is 0 Å². The van der Waals surface area contributed by atoms with Crippen LogP contribution in [0.3, 0.4) is 0 Å². The van der Waals surface area contributed by atoms with Gasteiger partial charge in [-0.05, 0) is 42.5 Å². The van der Waals surface area contributed by atoms with Gasteiger partial charge in [-0.15, -0.1) is 0 Å². The number of benzene rings is 2. The van der Waals surface area contributed by atoms with Crippen molar-refractivity contribution in [2.45, 2.75) is 31.8 Å². The molecule has 0 aliphatic heterocycles. The first kappa shape index (κ1) is 14.1. The standard InChI is InChI=1S/C18H20FNO/c1-21-17-11-10-15(19)14-8-5-9-16(18(14)17)20-12-13-6-3-2-4-7-13/h2-4,6-7,10-11,16,20H,5,8-9,12H2,1H3. The summed E-state index contributed by atoms with van der Waals surface area (Å²) in [7, 11) is 1.65. The maximum atomic E-state index is 14.0. The molecule has 1 aliphatic rings. The Balaban J connectivity index is 1.84. The van der Waals surface area contributed by atoms with Gasteiger partial charge < -0.3 is 10.1 Å². The average molecular weight is 285 g/mol. The Kier molecular flexibility index (Phi) is 4.20. The van der Waals surface area contributed by atoms with Crippen LogP contribution in [0.5, 0.6) is 5.75 Å². The molecule has 1 N–H and O–H groups in total. The molecule has 0 heterocycles. The Morgan fingerprint density at radius 2 is 2.00 bits per heavy atom. The first-order valence-corrected chi connectivity index (χ1v) is 7.42. The van der Waals surface area contributed by atoms with Crippen molar-refractivity contribution < 1.29 is 9.13 Å². The zero-order valence-corrected chi connectivity index (χ0v) is 12.2. The van der Waals surface area contributed by atoms with Crippen molar-refractivity contribution in [2.75, 3.05) is 7.11 Å². The summed E-state index contributed by atoms with van der Waals surface area (Å²) in [5, 5.41) is 3.55. The van der Waals surface area contributed by atoms with E-state index in [0.717, 1.165) is 42.7 Å². The summed E-state index contributed by atoms with van der Waals surface area (Å²) in [5.41, 5.74) is 3.05. The Bertz CT molecular complexity index is 612. The zero-order valence-electron chi connectivity index (χ0n) is 12.2. The lowest BCUT2D eigenvalue weighted by molar-refractivity contribution is 0.378. The van der Waals surface area contributed by atoms with Crippen LogP contribution < -0.4 is 10.1 Å². The SMILES string of the molecule is COc1ccc(F)c2c1C(NCc1ccccc1)CCC2. The molecule has 2 aromatic carbocycles. The van der Waals surface area contributed by atoms with Crippen molar-refractivity contribution >= 4 is 0 Å². The van der Waals surface area contributed by atoms with Crippen molar-refractivity contribution in [1.29, 1.82) is 0 Å². The summed E-state index contributed by atoms with van der Waals surface area (Å²) in [4.78, 5) is 0. The van der Waals surface area contributed by atoms with Crippen molar-refractivity contribution in [3.63, 3.8) is 0 Å². The summed E-state index contributed by atoms with van der Waals surface area (Å²) in [6.07, 6.45) is 2.81. The van der Waals surface area contributed by atoms with Gasteiger partial charge in [-0.25, -0.2) is 4.39 Å². The Morgan fingerprint density at radius 3 is 2.76 bits per heavy atom. The quantitative estimate of drug-likeness (QED) is 0.916. The zero-order chi connectivity index (χ0) is 14.7. The van der Waals surface area contributed by atoms with Gasteiger partial charge in [0.1, 0.15) is 11.6 Å². The number of ether oxygens (including phenoxy) is 1. The summed E-state index contributed by atoms with van der Waals surface area (Å²) < 4.78 is 19.5. The first-order chi connectivity index (χ1) is 10.3. The predicted octanol–water partition coefficient (Wildman–Crippen LogP) is 4.00. The van der Waals surface area contributed by atoms with E-state index in [2.05, 4.69) is 17.4 Å². The maximum Gasteiger partial charge on any atom is 0.127 e. The number of hydrogen-bond acceptors (Lipinski definition) is 2. The van der Waals surface area contributed by atoms with E-state index in [9.17, 15) is 4.39 Å². The number of methoxy groups -OCH3 is 1. The molecule has 0 saturated carbocycles. The largest absolute Gasteiger partial charge is 0.496 e. The van der Waals surface area contributed by atoms with Crippen molar-refractivity contribution in [3.05, 3.63) is 65.0 Å². The second-order valence-corrected chi connectivity index (χ2v) is 5.45. The monoisotopic (exact) mass is 285 g/mol. The molecule has 0 radical (unpaired) electrons. The maximum absolute atomic E-state index is 14.0. The molecule has 1 unspecified atom stereocenters. The third-order valence-electron chi connectivity index (χ3n) is 4.14. The van der Waals surface area contributed by atoms with E-state index < -0.39 is 0 Å². The molecule has 3 rings (SSSR count). The van der Waals surface area contributed by atoms with Gasteiger partial charge in [0.05, 0.1) is 7.11 Å². The van der Waals surface area contributed by atoms with Crippen LogP contribution in [0.1, 0.15) is 35.6 Å². The lowest BCUT2D eigenvalue weighted by Gasteiger charge is -2.28. The molecule has 1 aliphatic carbocycles. The molecule has 21 heavy (non-hydrogen) atoms. The van der Waals surface area contributed by atoms with Gasteiger partial charge >= 0.3 is 0 Å². The number of fused-ring (bicyclic) bond motifs is 1. The van der Waals surface area contributed by atoms with Gasteiger partial charge in [0, 0.05) is 18.2 Å². The lowest BCUT2D eigenvalue weighted by atomic mass is 9.86. The minimum absolute atomic E-state index is 0.114. The van der Waals surface area contributed by atoms with E-state index in [0.29, 0.717) is 0 Å². The third kappa shape index (κ3) is 2.93. The summed E-state index contributed by atoms with van der Waals surface area (Å²) >= 11 is 0. The minimum Gasteiger partial charge on any atom is -0.496 e. The first-order valence-electron chi connectivity index (χ1n) is 7.42. The number of rotatable bonds is 4. The second kappa shape index (κ2) is 6.27. The van der Waals surface area contributed by atoms with Crippen LogP contribution in [-0.4, -0.2) is 7.11 Å².